The van der Waals surface area contributed by atoms with Gasteiger partial charge < -0.3 is 10.1 Å². The van der Waals surface area contributed by atoms with Crippen LogP contribution in [0.5, 0.6) is 5.88 Å². The van der Waals surface area contributed by atoms with E-state index in [9.17, 15) is 32.0 Å². The molecule has 15 heteroatoms. The van der Waals surface area contributed by atoms with Crippen molar-refractivity contribution in [3.63, 3.8) is 0 Å². The molecule has 0 bridgehead atoms. The Labute approximate surface area is 204 Å². The minimum absolute atomic E-state index is 0.0273. The molecule has 2 atom stereocenters. The minimum atomic E-state index is -3.20. The molecule has 5 rings (SSSR count). The van der Waals surface area contributed by atoms with Crippen LogP contribution in [0.1, 0.15) is 48.3 Å². The van der Waals surface area contributed by atoms with Gasteiger partial charge in [0.15, 0.2) is 5.65 Å². The summed E-state index contributed by atoms with van der Waals surface area (Å²) < 4.78 is 71.4. The van der Waals surface area contributed by atoms with E-state index in [0.29, 0.717) is 15.9 Å². The van der Waals surface area contributed by atoms with Crippen LogP contribution in [0.4, 0.5) is 27.6 Å². The van der Waals surface area contributed by atoms with Crippen LogP contribution in [0.25, 0.3) is 5.65 Å². The number of amides is 1. The number of nitriles is 1. The first-order valence-electron chi connectivity index (χ1n) is 10.6. The highest BCUT2D eigenvalue weighted by Crippen LogP contribution is 2.49. The highest BCUT2D eigenvalue weighted by molar-refractivity contribution is 5.97. The number of aromatic nitrogens is 6. The Balaban J connectivity index is 1.54. The predicted octanol–water partition coefficient (Wildman–Crippen LogP) is 3.76. The molecule has 0 saturated heterocycles. The van der Waals surface area contributed by atoms with E-state index in [2.05, 4.69) is 30.2 Å². The molecule has 1 aliphatic rings. The molecule has 4 heterocycles. The lowest BCUT2D eigenvalue weighted by Gasteiger charge is -2.23. The number of anilines is 1. The summed E-state index contributed by atoms with van der Waals surface area (Å²) in [6, 6.07) is 5.25. The average molecular weight is 518 g/mol. The van der Waals surface area contributed by atoms with Gasteiger partial charge >= 0.3 is 13.2 Å². The minimum Gasteiger partial charge on any atom is -0.415 e. The fourth-order valence-corrected chi connectivity index (χ4v) is 4.55. The van der Waals surface area contributed by atoms with Crippen LogP contribution in [0.2, 0.25) is 0 Å². The molecular formula is C22H15F5N8O2. The standard InChI is InChI=1S/C22H15F5N8O2/c1-22(14-2-3-34(32-14)20(24)25)6-12(13-9-29-16-5-15(23)33-35(16)17(13)22)18(36)31-11-4-10(7-28)19(30-8-11)37-21(26)27/h2-5,8-9,12,20-21H,6H2,1H3,(H,31,36). The lowest BCUT2D eigenvalue weighted by Crippen LogP contribution is -2.26. The second kappa shape index (κ2) is 8.80. The molecule has 2 unspecified atom stereocenters. The fourth-order valence-electron chi connectivity index (χ4n) is 4.55. The van der Waals surface area contributed by atoms with E-state index in [1.165, 1.54) is 16.8 Å². The number of rotatable bonds is 6. The molecular weight excluding hydrogens is 503 g/mol. The van der Waals surface area contributed by atoms with Crippen LogP contribution < -0.4 is 10.1 Å². The van der Waals surface area contributed by atoms with Crippen LogP contribution in [0, 0.1) is 17.3 Å². The third-order valence-electron chi connectivity index (χ3n) is 6.12. The Morgan fingerprint density at radius 3 is 2.70 bits per heavy atom. The number of hydrogen-bond donors (Lipinski definition) is 1. The normalized spacial score (nSPS) is 18.8. The Hall–Kier alpha value is -4.61. The molecule has 1 aliphatic carbocycles. The summed E-state index contributed by atoms with van der Waals surface area (Å²) in [6.07, 6.45) is 3.55. The maximum atomic E-state index is 14.0. The number of nitrogens with one attached hydrogen (secondary N) is 1. The van der Waals surface area contributed by atoms with Crippen LogP contribution in [0.3, 0.4) is 0 Å². The van der Waals surface area contributed by atoms with Crippen molar-refractivity contribution in [1.29, 1.82) is 5.26 Å². The zero-order chi connectivity index (χ0) is 26.5. The molecule has 0 radical (unpaired) electrons. The van der Waals surface area contributed by atoms with Gasteiger partial charge in [-0.15, -0.1) is 5.10 Å². The van der Waals surface area contributed by atoms with Crippen molar-refractivity contribution in [3.05, 3.63) is 65.3 Å². The molecule has 37 heavy (non-hydrogen) atoms. The highest BCUT2D eigenvalue weighted by atomic mass is 19.3. The monoisotopic (exact) mass is 518 g/mol. The first kappa shape index (κ1) is 24.1. The van der Waals surface area contributed by atoms with E-state index in [4.69, 9.17) is 0 Å². The number of pyridine rings is 1. The van der Waals surface area contributed by atoms with Gasteiger partial charge in [0.05, 0.1) is 34.6 Å². The Bertz CT molecular complexity index is 1560. The zero-order valence-electron chi connectivity index (χ0n) is 18.7. The van der Waals surface area contributed by atoms with Crippen molar-refractivity contribution in [2.75, 3.05) is 5.32 Å². The zero-order valence-corrected chi connectivity index (χ0v) is 18.7. The number of ether oxygens (including phenoxy) is 1. The number of hydrogen-bond acceptors (Lipinski definition) is 7. The molecule has 10 nitrogen and oxygen atoms in total. The summed E-state index contributed by atoms with van der Waals surface area (Å²) in [4.78, 5) is 21.2. The second-order valence-electron chi connectivity index (χ2n) is 8.40. The van der Waals surface area contributed by atoms with Crippen LogP contribution in [0.15, 0.2) is 36.8 Å². The molecule has 190 valence electrons. The molecule has 1 amide bonds. The second-order valence-corrected chi connectivity index (χ2v) is 8.40. The van der Waals surface area contributed by atoms with Gasteiger partial charge in [0, 0.05) is 24.0 Å². The largest absolute Gasteiger partial charge is 0.415 e. The van der Waals surface area contributed by atoms with E-state index < -0.39 is 42.2 Å². The van der Waals surface area contributed by atoms with Gasteiger partial charge in [0.1, 0.15) is 11.6 Å². The maximum Gasteiger partial charge on any atom is 0.388 e. The third-order valence-corrected chi connectivity index (χ3v) is 6.12. The molecule has 0 spiro atoms. The van der Waals surface area contributed by atoms with E-state index in [1.54, 1.807) is 13.0 Å². The van der Waals surface area contributed by atoms with Crippen LogP contribution >= 0.6 is 0 Å². The van der Waals surface area contributed by atoms with Crippen molar-refractivity contribution in [3.8, 4) is 11.9 Å². The Morgan fingerprint density at radius 2 is 2.03 bits per heavy atom. The molecule has 0 fully saturated rings. The first-order valence-corrected chi connectivity index (χ1v) is 10.6. The Morgan fingerprint density at radius 1 is 1.24 bits per heavy atom. The number of carbonyl (C=O) groups excluding carboxylic acids is 1. The van der Waals surface area contributed by atoms with Gasteiger partial charge in [-0.1, -0.05) is 0 Å². The molecule has 4 aromatic rings. The third kappa shape index (κ3) is 4.09. The SMILES string of the molecule is CC1(c2ccn(C(F)F)n2)CC(C(=O)Nc2cnc(OC(F)F)c(C#N)c2)c2cnc3cc(F)nn3c21. The topological polar surface area (TPSA) is 123 Å². The molecule has 0 aromatic carbocycles. The summed E-state index contributed by atoms with van der Waals surface area (Å²) in [6.45, 7) is -4.42. The van der Waals surface area contributed by atoms with Crippen molar-refractivity contribution < 1.29 is 31.5 Å². The smallest absolute Gasteiger partial charge is 0.388 e. The number of alkyl halides is 4. The van der Waals surface area contributed by atoms with Crippen molar-refractivity contribution in [2.45, 2.75) is 37.8 Å². The number of nitrogens with zero attached hydrogens (tertiary/aromatic N) is 7. The Kier molecular flexibility index (Phi) is 5.73. The van der Waals surface area contributed by atoms with Gasteiger partial charge in [0.2, 0.25) is 17.7 Å². The van der Waals surface area contributed by atoms with Gasteiger partial charge in [-0.3, -0.25) is 4.79 Å². The highest BCUT2D eigenvalue weighted by Gasteiger charge is 2.48. The lowest BCUT2D eigenvalue weighted by atomic mass is 9.82. The average Bonchev–Trinajstić information content (AvgIpc) is 3.55. The predicted molar refractivity (Wildman–Crippen MR) is 114 cm³/mol. The van der Waals surface area contributed by atoms with Gasteiger partial charge in [-0.2, -0.15) is 32.3 Å². The van der Waals surface area contributed by atoms with E-state index in [1.807, 2.05) is 0 Å². The van der Waals surface area contributed by atoms with E-state index in [-0.39, 0.29) is 29.0 Å². The molecule has 0 aliphatic heterocycles. The van der Waals surface area contributed by atoms with Crippen molar-refractivity contribution >= 4 is 17.2 Å². The van der Waals surface area contributed by atoms with Gasteiger partial charge in [-0.25, -0.2) is 19.2 Å². The van der Waals surface area contributed by atoms with Gasteiger partial charge in [-0.05, 0) is 25.5 Å². The first-order chi connectivity index (χ1) is 17.6. The summed E-state index contributed by atoms with van der Waals surface area (Å²) in [5, 5.41) is 19.6. The molecule has 0 saturated carbocycles. The summed E-state index contributed by atoms with van der Waals surface area (Å²) in [5.41, 5.74) is -0.403. The number of carbonyl (C=O) groups is 1. The number of fused-ring (bicyclic) bond motifs is 3. The number of halogens is 5. The molecule has 4 aromatic heterocycles. The lowest BCUT2D eigenvalue weighted by molar-refractivity contribution is -0.117. The van der Waals surface area contributed by atoms with Crippen molar-refractivity contribution in [2.24, 2.45) is 0 Å². The summed E-state index contributed by atoms with van der Waals surface area (Å²) in [5.74, 6) is -2.95. The van der Waals surface area contributed by atoms with E-state index >= 15 is 0 Å². The van der Waals surface area contributed by atoms with Crippen molar-refractivity contribution in [1.82, 2.24) is 29.4 Å². The quantitative estimate of drug-likeness (QED) is 0.386. The molecule has 1 N–H and O–H groups in total. The van der Waals surface area contributed by atoms with Gasteiger partial charge in [0.25, 0.3) is 0 Å². The fraction of sp³-hybridized carbons (Fsp3) is 0.273. The summed E-state index contributed by atoms with van der Waals surface area (Å²) in [7, 11) is 0. The van der Waals surface area contributed by atoms with Crippen LogP contribution in [-0.2, 0) is 10.2 Å². The van der Waals surface area contributed by atoms with E-state index in [0.717, 1.165) is 24.5 Å². The van der Waals surface area contributed by atoms with Crippen LogP contribution in [-0.4, -0.2) is 41.9 Å². The summed E-state index contributed by atoms with van der Waals surface area (Å²) >= 11 is 0. The maximum absolute atomic E-state index is 14.0.